The number of morpholine rings is 1. The first-order chi connectivity index (χ1) is 22.5. The molecule has 1 fully saturated rings. The average Bonchev–Trinajstić information content (AvgIpc) is 3.04. The minimum absolute atomic E-state index is 0.148. The number of carbonyl (C=O) groups is 2. The number of nitrogens with one attached hydrogen (secondary N) is 3. The van der Waals surface area contributed by atoms with Crippen LogP contribution in [-0.4, -0.2) is 71.2 Å². The van der Waals surface area contributed by atoms with E-state index < -0.39 is 23.7 Å². The molecule has 0 radical (unpaired) electrons. The monoisotopic (exact) mass is 648 g/mol. The summed E-state index contributed by atoms with van der Waals surface area (Å²) < 4.78 is 45.0. The number of hydrogen-bond donors (Lipinski definition) is 3. The Morgan fingerprint density at radius 1 is 0.915 bits per heavy atom. The minimum Gasteiger partial charge on any atom is -0.379 e. The first kappa shape index (κ1) is 33.3. The van der Waals surface area contributed by atoms with Gasteiger partial charge in [0.2, 0.25) is 0 Å². The molecule has 14 heteroatoms. The predicted molar refractivity (Wildman–Crippen MR) is 173 cm³/mol. The lowest BCUT2D eigenvalue weighted by Crippen LogP contribution is -2.44. The Labute approximate surface area is 270 Å². The molecule has 2 aromatic heterocycles. The summed E-state index contributed by atoms with van der Waals surface area (Å²) in [6.07, 6.45) is -1.49. The number of nitrogens with zero attached hydrogens (tertiary/aromatic N) is 5. The zero-order valence-corrected chi connectivity index (χ0v) is 26.2. The summed E-state index contributed by atoms with van der Waals surface area (Å²) in [6.45, 7) is 9.21. The van der Waals surface area contributed by atoms with E-state index in [0.717, 1.165) is 42.2 Å². The molecule has 0 saturated carbocycles. The van der Waals surface area contributed by atoms with Crippen molar-refractivity contribution in [1.82, 2.24) is 19.9 Å². The van der Waals surface area contributed by atoms with Gasteiger partial charge in [-0.15, -0.1) is 0 Å². The Balaban J connectivity index is 1.36. The van der Waals surface area contributed by atoms with Crippen LogP contribution in [0.15, 0.2) is 67.1 Å². The lowest BCUT2D eigenvalue weighted by Gasteiger charge is -2.30. The molecule has 3 heterocycles. The van der Waals surface area contributed by atoms with Gasteiger partial charge in [-0.2, -0.15) is 13.2 Å². The highest BCUT2D eigenvalue weighted by Crippen LogP contribution is 2.30. The van der Waals surface area contributed by atoms with Crippen LogP contribution >= 0.6 is 0 Å². The van der Waals surface area contributed by atoms with Gasteiger partial charge in [0.05, 0.1) is 30.7 Å². The third-order valence-corrected chi connectivity index (χ3v) is 7.62. The minimum atomic E-state index is -4.58. The van der Waals surface area contributed by atoms with Gasteiger partial charge in [-0.05, 0) is 68.3 Å². The van der Waals surface area contributed by atoms with Crippen molar-refractivity contribution < 1.29 is 27.5 Å². The highest BCUT2D eigenvalue weighted by atomic mass is 19.4. The van der Waals surface area contributed by atoms with E-state index >= 15 is 0 Å². The van der Waals surface area contributed by atoms with Gasteiger partial charge >= 0.3 is 12.2 Å². The van der Waals surface area contributed by atoms with Crippen molar-refractivity contribution >= 4 is 40.6 Å². The molecule has 11 nitrogen and oxygen atoms in total. The van der Waals surface area contributed by atoms with Gasteiger partial charge in [-0.25, -0.2) is 14.8 Å². The van der Waals surface area contributed by atoms with Gasteiger partial charge in [0.25, 0.3) is 5.91 Å². The van der Waals surface area contributed by atoms with Crippen LogP contribution in [0, 0.1) is 20.8 Å². The molecule has 0 spiro atoms. The molecule has 0 bridgehead atoms. The first-order valence-corrected chi connectivity index (χ1v) is 15.0. The van der Waals surface area contributed by atoms with Crippen LogP contribution in [0.5, 0.6) is 0 Å². The topological polar surface area (TPSA) is 125 Å². The van der Waals surface area contributed by atoms with E-state index in [4.69, 9.17) is 4.74 Å². The number of ether oxygens (including phenoxy) is 1. The maximum Gasteiger partial charge on any atom is 0.416 e. The van der Waals surface area contributed by atoms with Crippen molar-refractivity contribution in [2.75, 3.05) is 60.2 Å². The maximum absolute atomic E-state index is 13.9. The van der Waals surface area contributed by atoms with E-state index in [1.54, 1.807) is 37.4 Å². The number of amides is 3. The summed E-state index contributed by atoms with van der Waals surface area (Å²) in [5.41, 5.74) is 2.97. The zero-order chi connectivity index (χ0) is 33.6. The molecule has 0 atom stereocenters. The Bertz CT molecular complexity index is 1740. The standard InChI is InChI=1S/C33H35F3N8O3/c1-21-7-8-26(40-31(45)24-5-4-6-25(16-24)33(34,35)36)17-27(21)42-32(46)44(10-9-43-11-13-47-14-12-43)30-18-29(38-20-39-30)41-28-19-37-23(3)15-22(28)2/h4-8,15-20H,9-14H2,1-3H3,(H,40,45)(H,42,46)(H,38,39,41). The summed E-state index contributed by atoms with van der Waals surface area (Å²) >= 11 is 0. The fourth-order valence-electron chi connectivity index (χ4n) is 4.97. The number of anilines is 5. The normalized spacial score (nSPS) is 13.6. The van der Waals surface area contributed by atoms with Crippen molar-refractivity contribution in [3.8, 4) is 0 Å². The highest BCUT2D eigenvalue weighted by molar-refractivity contribution is 6.05. The number of rotatable bonds is 9. The second-order valence-electron chi connectivity index (χ2n) is 11.1. The number of benzene rings is 2. The fourth-order valence-corrected chi connectivity index (χ4v) is 4.97. The van der Waals surface area contributed by atoms with Crippen molar-refractivity contribution in [2.45, 2.75) is 26.9 Å². The Morgan fingerprint density at radius 2 is 1.70 bits per heavy atom. The van der Waals surface area contributed by atoms with E-state index in [1.165, 1.54) is 23.4 Å². The van der Waals surface area contributed by atoms with Gasteiger partial charge in [0.15, 0.2) is 0 Å². The van der Waals surface area contributed by atoms with E-state index in [2.05, 4.69) is 35.8 Å². The van der Waals surface area contributed by atoms with E-state index in [0.29, 0.717) is 54.9 Å². The molecular formula is C33H35F3N8O3. The largest absolute Gasteiger partial charge is 0.416 e. The van der Waals surface area contributed by atoms with E-state index in [-0.39, 0.29) is 5.56 Å². The van der Waals surface area contributed by atoms with Crippen LogP contribution in [0.25, 0.3) is 0 Å². The van der Waals surface area contributed by atoms with Crippen LogP contribution in [0.1, 0.15) is 32.7 Å². The summed E-state index contributed by atoms with van der Waals surface area (Å²) in [5, 5.41) is 8.79. The smallest absolute Gasteiger partial charge is 0.379 e. The van der Waals surface area contributed by atoms with Gasteiger partial charge in [-0.1, -0.05) is 12.1 Å². The van der Waals surface area contributed by atoms with Crippen LogP contribution < -0.4 is 20.9 Å². The number of hydrogen-bond acceptors (Lipinski definition) is 8. The molecule has 3 amide bonds. The third kappa shape index (κ3) is 8.80. The first-order valence-electron chi connectivity index (χ1n) is 15.0. The van der Waals surface area contributed by atoms with Crippen LogP contribution in [-0.2, 0) is 10.9 Å². The lowest BCUT2D eigenvalue weighted by atomic mass is 10.1. The van der Waals surface area contributed by atoms with Crippen LogP contribution in [0.2, 0.25) is 0 Å². The van der Waals surface area contributed by atoms with Crippen LogP contribution in [0.3, 0.4) is 0 Å². The number of aromatic nitrogens is 3. The number of aryl methyl sites for hydroxylation is 3. The van der Waals surface area contributed by atoms with E-state index in [9.17, 15) is 22.8 Å². The van der Waals surface area contributed by atoms with Crippen molar-refractivity contribution in [2.24, 2.45) is 0 Å². The molecule has 5 rings (SSSR count). The molecule has 1 aliphatic rings. The summed E-state index contributed by atoms with van der Waals surface area (Å²) in [6, 6.07) is 12.2. The van der Waals surface area contributed by atoms with E-state index in [1.807, 2.05) is 19.9 Å². The Hall–Kier alpha value is -5.08. The molecule has 4 aromatic rings. The molecular weight excluding hydrogens is 613 g/mol. The highest BCUT2D eigenvalue weighted by Gasteiger charge is 2.31. The molecule has 1 aliphatic heterocycles. The van der Waals surface area contributed by atoms with Gasteiger partial charge in [-0.3, -0.25) is 19.6 Å². The molecule has 246 valence electrons. The SMILES string of the molecule is Cc1cc(C)c(Nc2cc(N(CCN3CCOCC3)C(=O)Nc3cc(NC(=O)c4cccc(C(F)(F)F)c4)ccc3C)ncn2)cn1. The predicted octanol–water partition coefficient (Wildman–Crippen LogP) is 6.18. The number of alkyl halides is 3. The zero-order valence-electron chi connectivity index (χ0n) is 26.2. The lowest BCUT2D eigenvalue weighted by molar-refractivity contribution is -0.137. The molecule has 1 saturated heterocycles. The molecule has 47 heavy (non-hydrogen) atoms. The third-order valence-electron chi connectivity index (χ3n) is 7.62. The number of carbonyl (C=O) groups excluding carboxylic acids is 2. The number of halogens is 3. The van der Waals surface area contributed by atoms with Crippen molar-refractivity contribution in [1.29, 1.82) is 0 Å². The van der Waals surface area contributed by atoms with Crippen molar-refractivity contribution in [3.05, 3.63) is 95.1 Å². The molecule has 3 N–H and O–H groups in total. The van der Waals surface area contributed by atoms with Gasteiger partial charge in [0, 0.05) is 54.9 Å². The van der Waals surface area contributed by atoms with Gasteiger partial charge in [0.1, 0.15) is 18.0 Å². The number of urea groups is 1. The van der Waals surface area contributed by atoms with Crippen LogP contribution in [0.4, 0.5) is 46.7 Å². The summed E-state index contributed by atoms with van der Waals surface area (Å²) in [7, 11) is 0. The maximum atomic E-state index is 13.9. The fraction of sp³-hybridized carbons (Fsp3) is 0.303. The number of pyridine rings is 1. The van der Waals surface area contributed by atoms with Gasteiger partial charge < -0.3 is 20.7 Å². The Kier molecular flexibility index (Phi) is 10.3. The Morgan fingerprint density at radius 3 is 2.45 bits per heavy atom. The average molecular weight is 649 g/mol. The summed E-state index contributed by atoms with van der Waals surface area (Å²) in [4.78, 5) is 43.5. The second kappa shape index (κ2) is 14.6. The second-order valence-corrected chi connectivity index (χ2v) is 11.1. The quantitative estimate of drug-likeness (QED) is 0.197. The molecule has 0 aliphatic carbocycles. The van der Waals surface area contributed by atoms with Crippen molar-refractivity contribution in [3.63, 3.8) is 0 Å². The molecule has 0 unspecified atom stereocenters. The molecule has 2 aromatic carbocycles. The summed E-state index contributed by atoms with van der Waals surface area (Å²) in [5.74, 6) is 0.116.